The van der Waals surface area contributed by atoms with E-state index in [9.17, 15) is 4.79 Å². The maximum atomic E-state index is 10.6. The number of nitrogens with one attached hydrogen (secondary N) is 1. The standard InChI is InChI=1S/C7H8N2O2S/c1-11-7(10)9-12-6-2-4-8-5-3-6/h2-5H,1H3,(H,9,10). The van der Waals surface area contributed by atoms with Gasteiger partial charge in [0.15, 0.2) is 0 Å². The van der Waals surface area contributed by atoms with Gasteiger partial charge >= 0.3 is 6.09 Å². The van der Waals surface area contributed by atoms with Gasteiger partial charge in [-0.3, -0.25) is 9.71 Å². The third-order valence-corrected chi connectivity index (χ3v) is 1.86. The maximum Gasteiger partial charge on any atom is 0.417 e. The molecule has 1 heterocycles. The van der Waals surface area contributed by atoms with E-state index in [-0.39, 0.29) is 0 Å². The first-order valence-electron chi connectivity index (χ1n) is 3.24. The summed E-state index contributed by atoms with van der Waals surface area (Å²) in [5, 5.41) is 0. The van der Waals surface area contributed by atoms with Crippen molar-refractivity contribution in [2.24, 2.45) is 0 Å². The number of nitrogens with zero attached hydrogens (tertiary/aromatic N) is 1. The van der Waals surface area contributed by atoms with Gasteiger partial charge in [0.1, 0.15) is 0 Å². The number of methoxy groups -OCH3 is 1. The van der Waals surface area contributed by atoms with E-state index in [1.54, 1.807) is 24.5 Å². The highest BCUT2D eigenvalue weighted by atomic mass is 32.2. The van der Waals surface area contributed by atoms with Crippen molar-refractivity contribution in [1.82, 2.24) is 9.71 Å². The molecule has 1 aromatic rings. The van der Waals surface area contributed by atoms with Crippen molar-refractivity contribution >= 4 is 18.0 Å². The van der Waals surface area contributed by atoms with Crippen LogP contribution in [0.4, 0.5) is 4.79 Å². The molecular formula is C7H8N2O2S. The zero-order valence-corrected chi connectivity index (χ0v) is 7.30. The number of carbonyl (C=O) groups is 1. The molecule has 5 heteroatoms. The summed E-state index contributed by atoms with van der Waals surface area (Å²) in [6.45, 7) is 0. The summed E-state index contributed by atoms with van der Waals surface area (Å²) in [6.07, 6.45) is 2.85. The van der Waals surface area contributed by atoms with Crippen LogP contribution in [0.3, 0.4) is 0 Å². The lowest BCUT2D eigenvalue weighted by Crippen LogP contribution is -2.14. The fourth-order valence-electron chi connectivity index (χ4n) is 0.549. The molecule has 0 aliphatic rings. The van der Waals surface area contributed by atoms with E-state index in [1.165, 1.54) is 19.1 Å². The van der Waals surface area contributed by atoms with Crippen molar-refractivity contribution in [3.8, 4) is 0 Å². The van der Waals surface area contributed by atoms with Gasteiger partial charge in [0.2, 0.25) is 0 Å². The second kappa shape index (κ2) is 4.61. The van der Waals surface area contributed by atoms with Crippen LogP contribution in [-0.4, -0.2) is 18.2 Å². The maximum absolute atomic E-state index is 10.6. The van der Waals surface area contributed by atoms with Crippen molar-refractivity contribution in [1.29, 1.82) is 0 Å². The van der Waals surface area contributed by atoms with Crippen LogP contribution in [0.1, 0.15) is 0 Å². The predicted molar refractivity (Wildman–Crippen MR) is 45.6 cm³/mol. The molecule has 0 atom stereocenters. The van der Waals surface area contributed by atoms with Crippen LogP contribution in [0.5, 0.6) is 0 Å². The van der Waals surface area contributed by atoms with Crippen LogP contribution >= 0.6 is 11.9 Å². The lowest BCUT2D eigenvalue weighted by molar-refractivity contribution is 0.178. The van der Waals surface area contributed by atoms with Crippen LogP contribution in [0.2, 0.25) is 0 Å². The molecule has 0 fully saturated rings. The summed E-state index contributed by atoms with van der Waals surface area (Å²) >= 11 is 1.19. The molecule has 1 aromatic heterocycles. The van der Waals surface area contributed by atoms with Gasteiger partial charge in [0.25, 0.3) is 0 Å². The largest absolute Gasteiger partial charge is 0.452 e. The Balaban J connectivity index is 2.38. The summed E-state index contributed by atoms with van der Waals surface area (Å²) in [5.74, 6) is 0. The minimum Gasteiger partial charge on any atom is -0.452 e. The second-order valence-electron chi connectivity index (χ2n) is 1.88. The number of carbonyl (C=O) groups excluding carboxylic acids is 1. The first-order chi connectivity index (χ1) is 5.83. The molecule has 0 saturated carbocycles. The molecule has 0 radical (unpaired) electrons. The molecule has 0 bridgehead atoms. The van der Waals surface area contributed by atoms with Gasteiger partial charge in [-0.2, -0.15) is 0 Å². The van der Waals surface area contributed by atoms with E-state index in [1.807, 2.05) is 0 Å². The molecule has 0 aromatic carbocycles. The van der Waals surface area contributed by atoms with Crippen LogP contribution in [0.15, 0.2) is 29.4 Å². The van der Waals surface area contributed by atoms with Crippen molar-refractivity contribution in [3.05, 3.63) is 24.5 Å². The first-order valence-corrected chi connectivity index (χ1v) is 4.05. The number of amides is 1. The van der Waals surface area contributed by atoms with Gasteiger partial charge < -0.3 is 4.74 Å². The SMILES string of the molecule is COC(=O)NSc1ccncc1. The topological polar surface area (TPSA) is 51.2 Å². The second-order valence-corrected chi connectivity index (χ2v) is 2.76. The van der Waals surface area contributed by atoms with Gasteiger partial charge in [-0.1, -0.05) is 0 Å². The van der Waals surface area contributed by atoms with Crippen LogP contribution < -0.4 is 4.72 Å². The molecule has 1 rings (SSSR count). The van der Waals surface area contributed by atoms with Crippen molar-refractivity contribution in [2.75, 3.05) is 7.11 Å². The summed E-state index contributed by atoms with van der Waals surface area (Å²) in [7, 11) is 1.32. The van der Waals surface area contributed by atoms with Crippen LogP contribution in [0, 0.1) is 0 Å². The highest BCUT2D eigenvalue weighted by Gasteiger charge is 1.98. The molecule has 0 aliphatic carbocycles. The summed E-state index contributed by atoms with van der Waals surface area (Å²) < 4.78 is 6.86. The Kier molecular flexibility index (Phi) is 3.40. The van der Waals surface area contributed by atoms with Crippen LogP contribution in [0.25, 0.3) is 0 Å². The molecular weight excluding hydrogens is 176 g/mol. The average Bonchev–Trinajstić information content (AvgIpc) is 2.16. The number of hydrogen-bond donors (Lipinski definition) is 1. The Labute approximate surface area is 74.5 Å². The Morgan fingerprint density at radius 1 is 1.58 bits per heavy atom. The van der Waals surface area contributed by atoms with E-state index >= 15 is 0 Å². The normalized spacial score (nSPS) is 9.08. The fraction of sp³-hybridized carbons (Fsp3) is 0.143. The zero-order valence-electron chi connectivity index (χ0n) is 6.48. The lowest BCUT2D eigenvalue weighted by atomic mass is 10.5. The Bertz CT molecular complexity index is 253. The summed E-state index contributed by atoms with van der Waals surface area (Å²) in [4.78, 5) is 15.4. The number of rotatable bonds is 2. The number of pyridine rings is 1. The third-order valence-electron chi connectivity index (χ3n) is 1.09. The third kappa shape index (κ3) is 2.79. The molecule has 0 unspecified atom stereocenters. The molecule has 12 heavy (non-hydrogen) atoms. The molecule has 4 nitrogen and oxygen atoms in total. The highest BCUT2D eigenvalue weighted by molar-refractivity contribution is 7.98. The van der Waals surface area contributed by atoms with E-state index in [2.05, 4.69) is 14.4 Å². The van der Waals surface area contributed by atoms with E-state index in [0.29, 0.717) is 0 Å². The Morgan fingerprint density at radius 3 is 2.83 bits per heavy atom. The number of ether oxygens (including phenoxy) is 1. The van der Waals surface area contributed by atoms with Crippen LogP contribution in [-0.2, 0) is 4.74 Å². The quantitative estimate of drug-likeness (QED) is 0.707. The van der Waals surface area contributed by atoms with E-state index in [0.717, 1.165) is 4.90 Å². The molecule has 0 spiro atoms. The average molecular weight is 184 g/mol. The Morgan fingerprint density at radius 2 is 2.25 bits per heavy atom. The molecule has 0 aliphatic heterocycles. The number of aromatic nitrogens is 1. The monoisotopic (exact) mass is 184 g/mol. The predicted octanol–water partition coefficient (Wildman–Crippen LogP) is 1.44. The van der Waals surface area contributed by atoms with Gasteiger partial charge in [-0.25, -0.2) is 4.79 Å². The highest BCUT2D eigenvalue weighted by Crippen LogP contribution is 2.11. The van der Waals surface area contributed by atoms with Crippen molar-refractivity contribution < 1.29 is 9.53 Å². The summed E-state index contributed by atoms with van der Waals surface area (Å²) in [5.41, 5.74) is 0. The molecule has 1 amide bonds. The molecule has 0 saturated heterocycles. The minimum absolute atomic E-state index is 0.461. The van der Waals surface area contributed by atoms with Crippen molar-refractivity contribution in [2.45, 2.75) is 4.90 Å². The van der Waals surface area contributed by atoms with Gasteiger partial charge in [-0.15, -0.1) is 0 Å². The zero-order chi connectivity index (χ0) is 8.81. The number of hydrogen-bond acceptors (Lipinski definition) is 4. The fourth-order valence-corrected chi connectivity index (χ4v) is 1.09. The molecule has 64 valence electrons. The summed E-state index contributed by atoms with van der Waals surface area (Å²) in [6, 6.07) is 3.58. The Hall–Kier alpha value is -1.23. The first kappa shape index (κ1) is 8.86. The molecule has 1 N–H and O–H groups in total. The minimum atomic E-state index is -0.461. The van der Waals surface area contributed by atoms with E-state index in [4.69, 9.17) is 0 Å². The lowest BCUT2D eigenvalue weighted by Gasteiger charge is -2.00. The van der Waals surface area contributed by atoms with Gasteiger partial charge in [0, 0.05) is 17.3 Å². The van der Waals surface area contributed by atoms with E-state index < -0.39 is 6.09 Å². The van der Waals surface area contributed by atoms with Gasteiger partial charge in [0.05, 0.1) is 7.11 Å². The van der Waals surface area contributed by atoms with Crippen molar-refractivity contribution in [3.63, 3.8) is 0 Å². The smallest absolute Gasteiger partial charge is 0.417 e. The van der Waals surface area contributed by atoms with Gasteiger partial charge in [-0.05, 0) is 24.1 Å².